The molecule has 1 N–H and O–H groups in total. The Bertz CT molecular complexity index is 599. The fourth-order valence-corrected chi connectivity index (χ4v) is 1.34. The van der Waals surface area contributed by atoms with Gasteiger partial charge < -0.3 is 13.7 Å². The quantitative estimate of drug-likeness (QED) is 0.844. The summed E-state index contributed by atoms with van der Waals surface area (Å²) in [6.45, 7) is 2.99. The number of aromatic nitrogens is 1. The van der Waals surface area contributed by atoms with E-state index in [1.165, 1.54) is 6.07 Å². The Labute approximate surface area is 108 Å². The predicted molar refractivity (Wildman–Crippen MR) is 63.6 cm³/mol. The van der Waals surface area contributed by atoms with Crippen LogP contribution in [-0.2, 0) is 9.53 Å². The molecule has 2 heterocycles. The van der Waals surface area contributed by atoms with Crippen molar-refractivity contribution >= 4 is 17.8 Å². The zero-order valence-corrected chi connectivity index (χ0v) is 10.4. The normalized spacial score (nSPS) is 10.2. The first-order valence-corrected chi connectivity index (χ1v) is 5.51. The fraction of sp³-hybridized carbons (Fsp3) is 0.250. The lowest BCUT2D eigenvalue weighted by Gasteiger charge is -2.02. The third-order valence-corrected chi connectivity index (χ3v) is 2.17. The van der Waals surface area contributed by atoms with Gasteiger partial charge in [0.15, 0.2) is 6.61 Å². The Hall–Kier alpha value is -2.57. The van der Waals surface area contributed by atoms with Crippen LogP contribution in [0, 0.1) is 13.8 Å². The van der Waals surface area contributed by atoms with Gasteiger partial charge in [0, 0.05) is 6.07 Å². The molecular formula is C12H12N2O5. The Balaban J connectivity index is 1.82. The van der Waals surface area contributed by atoms with E-state index >= 15 is 0 Å². The lowest BCUT2D eigenvalue weighted by molar-refractivity contribution is -0.119. The minimum absolute atomic E-state index is 0.0563. The molecule has 2 aromatic rings. The van der Waals surface area contributed by atoms with Crippen LogP contribution in [0.2, 0.25) is 0 Å². The fourth-order valence-electron chi connectivity index (χ4n) is 1.34. The maximum absolute atomic E-state index is 11.5. The molecule has 0 aliphatic heterocycles. The molecule has 7 nitrogen and oxygen atoms in total. The molecule has 0 aliphatic rings. The van der Waals surface area contributed by atoms with Gasteiger partial charge in [-0.25, -0.2) is 4.79 Å². The van der Waals surface area contributed by atoms with Crippen molar-refractivity contribution in [2.45, 2.75) is 13.8 Å². The Morgan fingerprint density at radius 3 is 2.74 bits per heavy atom. The zero-order chi connectivity index (χ0) is 13.8. The highest BCUT2D eigenvalue weighted by molar-refractivity contribution is 5.93. The molecule has 0 aliphatic carbocycles. The molecule has 7 heteroatoms. The number of nitrogens with one attached hydrogen (secondary N) is 1. The number of carbonyl (C=O) groups is 2. The molecule has 0 atom stereocenters. The molecular weight excluding hydrogens is 252 g/mol. The summed E-state index contributed by atoms with van der Waals surface area (Å²) in [5.74, 6) is -0.369. The van der Waals surface area contributed by atoms with Crippen molar-refractivity contribution in [3.63, 3.8) is 0 Å². The van der Waals surface area contributed by atoms with Crippen molar-refractivity contribution in [2.75, 3.05) is 11.9 Å². The van der Waals surface area contributed by atoms with E-state index in [1.807, 2.05) is 0 Å². The number of hydrogen-bond acceptors (Lipinski definition) is 6. The first-order valence-electron chi connectivity index (χ1n) is 5.51. The number of rotatable bonds is 4. The highest BCUT2D eigenvalue weighted by Gasteiger charge is 2.14. The van der Waals surface area contributed by atoms with Gasteiger partial charge in [-0.05, 0) is 26.0 Å². The van der Waals surface area contributed by atoms with Crippen LogP contribution in [0.15, 0.2) is 27.1 Å². The van der Waals surface area contributed by atoms with Crippen molar-refractivity contribution in [3.8, 4) is 0 Å². The number of amides is 1. The van der Waals surface area contributed by atoms with Crippen LogP contribution in [-0.4, -0.2) is 23.6 Å². The van der Waals surface area contributed by atoms with Crippen molar-refractivity contribution in [1.82, 2.24) is 5.16 Å². The van der Waals surface area contributed by atoms with E-state index in [9.17, 15) is 9.59 Å². The number of esters is 1. The van der Waals surface area contributed by atoms with Crippen LogP contribution in [0.4, 0.5) is 5.88 Å². The summed E-state index contributed by atoms with van der Waals surface area (Å²) in [5, 5.41) is 6.00. The van der Waals surface area contributed by atoms with E-state index < -0.39 is 18.5 Å². The summed E-state index contributed by atoms with van der Waals surface area (Å²) in [5.41, 5.74) is 0.637. The van der Waals surface area contributed by atoms with Gasteiger partial charge in [0.2, 0.25) is 11.6 Å². The van der Waals surface area contributed by atoms with Gasteiger partial charge in [-0.2, -0.15) is 0 Å². The smallest absolute Gasteiger partial charge is 0.374 e. The van der Waals surface area contributed by atoms with Gasteiger partial charge in [-0.3, -0.25) is 10.1 Å². The molecule has 19 heavy (non-hydrogen) atoms. The van der Waals surface area contributed by atoms with E-state index in [1.54, 1.807) is 26.0 Å². The van der Waals surface area contributed by atoms with Crippen LogP contribution in [0.3, 0.4) is 0 Å². The number of nitrogens with zero attached hydrogens (tertiary/aromatic N) is 1. The summed E-state index contributed by atoms with van der Waals surface area (Å²) in [4.78, 5) is 22.9. The third kappa shape index (κ3) is 3.44. The average Bonchev–Trinajstić information content (AvgIpc) is 2.95. The molecule has 0 radical (unpaired) electrons. The lowest BCUT2D eigenvalue weighted by atomic mass is 10.4. The first kappa shape index (κ1) is 12.9. The van der Waals surface area contributed by atoms with E-state index in [0.29, 0.717) is 11.5 Å². The minimum Gasteiger partial charge on any atom is -0.454 e. The molecule has 0 spiro atoms. The molecule has 0 saturated carbocycles. The van der Waals surface area contributed by atoms with Crippen molar-refractivity contribution < 1.29 is 23.3 Å². The third-order valence-electron chi connectivity index (χ3n) is 2.17. The molecule has 0 fully saturated rings. The van der Waals surface area contributed by atoms with Crippen molar-refractivity contribution in [3.05, 3.63) is 35.4 Å². The standard InChI is InChI=1S/C12H12N2O5/c1-7-5-11(19-14-7)13-10(15)6-17-12(16)9-4-3-8(2)18-9/h3-5H,6H2,1-2H3,(H,13,15). The molecule has 2 rings (SSSR count). The van der Waals surface area contributed by atoms with Gasteiger partial charge in [-0.1, -0.05) is 5.16 Å². The number of aryl methyl sites for hydroxylation is 2. The van der Waals surface area contributed by atoms with Gasteiger partial charge >= 0.3 is 5.97 Å². The second-order valence-electron chi connectivity index (χ2n) is 3.87. The minimum atomic E-state index is -0.697. The van der Waals surface area contributed by atoms with Crippen molar-refractivity contribution in [1.29, 1.82) is 0 Å². The summed E-state index contributed by atoms with van der Waals surface area (Å²) in [7, 11) is 0. The zero-order valence-electron chi connectivity index (χ0n) is 10.4. The molecule has 2 aromatic heterocycles. The average molecular weight is 264 g/mol. The number of furan rings is 1. The molecule has 0 bridgehead atoms. The topological polar surface area (TPSA) is 94.6 Å². The largest absolute Gasteiger partial charge is 0.454 e. The Kier molecular flexibility index (Phi) is 3.65. The number of anilines is 1. The molecule has 1 amide bonds. The van der Waals surface area contributed by atoms with Crippen LogP contribution >= 0.6 is 0 Å². The summed E-state index contributed by atoms with van der Waals surface area (Å²) < 4.78 is 14.6. The van der Waals surface area contributed by atoms with Crippen LogP contribution < -0.4 is 5.32 Å². The second-order valence-corrected chi connectivity index (χ2v) is 3.87. The van der Waals surface area contributed by atoms with Gasteiger partial charge in [0.25, 0.3) is 5.91 Å². The van der Waals surface area contributed by atoms with E-state index in [4.69, 9.17) is 13.7 Å². The number of carbonyl (C=O) groups excluding carboxylic acids is 2. The number of ether oxygens (including phenoxy) is 1. The van der Waals surface area contributed by atoms with E-state index in [0.717, 1.165) is 0 Å². The van der Waals surface area contributed by atoms with Crippen LogP contribution in [0.5, 0.6) is 0 Å². The maximum Gasteiger partial charge on any atom is 0.374 e. The summed E-state index contributed by atoms with van der Waals surface area (Å²) >= 11 is 0. The van der Waals surface area contributed by atoms with Crippen LogP contribution in [0.1, 0.15) is 22.0 Å². The van der Waals surface area contributed by atoms with Gasteiger partial charge in [0.1, 0.15) is 5.76 Å². The maximum atomic E-state index is 11.5. The van der Waals surface area contributed by atoms with Gasteiger partial charge in [0.05, 0.1) is 5.69 Å². The molecule has 100 valence electrons. The van der Waals surface area contributed by atoms with Crippen molar-refractivity contribution in [2.24, 2.45) is 0 Å². The van der Waals surface area contributed by atoms with Gasteiger partial charge in [-0.15, -0.1) is 0 Å². The molecule has 0 aromatic carbocycles. The summed E-state index contributed by atoms with van der Waals surface area (Å²) in [6, 6.07) is 4.67. The highest BCUT2D eigenvalue weighted by atomic mass is 16.5. The summed E-state index contributed by atoms with van der Waals surface area (Å²) in [6.07, 6.45) is 0. The Morgan fingerprint density at radius 1 is 1.37 bits per heavy atom. The van der Waals surface area contributed by atoms with E-state index in [-0.39, 0.29) is 11.6 Å². The second kappa shape index (κ2) is 5.38. The number of hydrogen-bond donors (Lipinski definition) is 1. The van der Waals surface area contributed by atoms with E-state index in [2.05, 4.69) is 10.5 Å². The molecule has 0 unspecified atom stereocenters. The monoisotopic (exact) mass is 264 g/mol. The van der Waals surface area contributed by atoms with Crippen LogP contribution in [0.25, 0.3) is 0 Å². The first-order chi connectivity index (χ1) is 9.04. The highest BCUT2D eigenvalue weighted by Crippen LogP contribution is 2.09. The lowest BCUT2D eigenvalue weighted by Crippen LogP contribution is -2.20. The SMILES string of the molecule is Cc1cc(NC(=O)COC(=O)c2ccc(C)o2)on1. The molecule has 0 saturated heterocycles. The predicted octanol–water partition coefficient (Wildman–Crippen LogP) is 1.68. The Morgan fingerprint density at radius 2 is 2.16 bits per heavy atom.